The van der Waals surface area contributed by atoms with E-state index in [0.29, 0.717) is 23.1 Å². The fraction of sp³-hybridized carbons (Fsp3) is 0.238. The number of phenols is 1. The molecule has 1 aliphatic rings. The maximum absolute atomic E-state index is 10.9. The number of anilines is 4. The quantitative estimate of drug-likeness (QED) is 0.288. The summed E-state index contributed by atoms with van der Waals surface area (Å²) >= 11 is 0. The Balaban J connectivity index is 1.56. The summed E-state index contributed by atoms with van der Waals surface area (Å²) in [5.74, 6) is 1.22. The molecule has 1 saturated heterocycles. The van der Waals surface area contributed by atoms with E-state index in [1.165, 1.54) is 18.6 Å². The third-order valence-corrected chi connectivity index (χ3v) is 4.85. The van der Waals surface area contributed by atoms with Crippen LogP contribution in [0.2, 0.25) is 0 Å². The van der Waals surface area contributed by atoms with Gasteiger partial charge in [0.1, 0.15) is 5.75 Å². The van der Waals surface area contributed by atoms with E-state index in [-0.39, 0.29) is 17.4 Å². The molecular formula is C21H22N8O3. The molecule has 0 saturated carbocycles. The van der Waals surface area contributed by atoms with Gasteiger partial charge in [-0.25, -0.2) is 5.43 Å². The van der Waals surface area contributed by atoms with Crippen molar-refractivity contribution in [3.63, 3.8) is 0 Å². The van der Waals surface area contributed by atoms with Gasteiger partial charge < -0.3 is 15.3 Å². The summed E-state index contributed by atoms with van der Waals surface area (Å²) < 4.78 is 0. The Morgan fingerprint density at radius 3 is 2.50 bits per heavy atom. The predicted molar refractivity (Wildman–Crippen MR) is 122 cm³/mol. The summed E-state index contributed by atoms with van der Waals surface area (Å²) in [4.78, 5) is 25.9. The second kappa shape index (κ2) is 9.69. The molecule has 0 atom stereocenters. The number of nitro groups is 1. The van der Waals surface area contributed by atoms with Gasteiger partial charge in [-0.2, -0.15) is 20.1 Å². The highest BCUT2D eigenvalue weighted by Gasteiger charge is 2.16. The van der Waals surface area contributed by atoms with Gasteiger partial charge in [-0.05, 0) is 49.1 Å². The smallest absolute Gasteiger partial charge is 0.269 e. The van der Waals surface area contributed by atoms with Crippen LogP contribution in [0.3, 0.4) is 0 Å². The first-order valence-electron chi connectivity index (χ1n) is 10.2. The summed E-state index contributed by atoms with van der Waals surface area (Å²) in [5, 5.41) is 27.7. The molecule has 2 heterocycles. The van der Waals surface area contributed by atoms with Crippen molar-refractivity contribution in [3.8, 4) is 5.75 Å². The maximum Gasteiger partial charge on any atom is 0.269 e. The van der Waals surface area contributed by atoms with Crippen molar-refractivity contribution in [2.24, 2.45) is 5.10 Å². The van der Waals surface area contributed by atoms with Crippen LogP contribution in [0.5, 0.6) is 5.75 Å². The highest BCUT2D eigenvalue weighted by atomic mass is 16.6. The minimum absolute atomic E-state index is 0.00356. The molecule has 0 bridgehead atoms. The van der Waals surface area contributed by atoms with Gasteiger partial charge in [0, 0.05) is 30.9 Å². The van der Waals surface area contributed by atoms with E-state index in [4.69, 9.17) is 0 Å². The number of nitrogens with zero attached hydrogens (tertiary/aromatic N) is 6. The monoisotopic (exact) mass is 434 g/mol. The topological polar surface area (TPSA) is 142 Å². The zero-order valence-corrected chi connectivity index (χ0v) is 17.2. The first kappa shape index (κ1) is 21.0. The van der Waals surface area contributed by atoms with Gasteiger partial charge in [0.15, 0.2) is 0 Å². The molecule has 164 valence electrons. The number of piperidine rings is 1. The van der Waals surface area contributed by atoms with Crippen LogP contribution in [-0.2, 0) is 0 Å². The summed E-state index contributed by atoms with van der Waals surface area (Å²) in [5.41, 5.74) is 4.14. The van der Waals surface area contributed by atoms with Crippen molar-refractivity contribution >= 4 is 35.4 Å². The number of aromatic hydroxyl groups is 1. The number of phenolic OH excluding ortho intramolecular Hbond substituents is 1. The van der Waals surface area contributed by atoms with Crippen LogP contribution in [0.1, 0.15) is 24.8 Å². The average Bonchev–Trinajstić information content (AvgIpc) is 2.80. The molecule has 0 amide bonds. The van der Waals surface area contributed by atoms with Gasteiger partial charge in [-0.3, -0.25) is 10.1 Å². The average molecular weight is 434 g/mol. The molecule has 2 aromatic carbocycles. The molecule has 1 aliphatic heterocycles. The van der Waals surface area contributed by atoms with Crippen molar-refractivity contribution in [1.82, 2.24) is 15.0 Å². The van der Waals surface area contributed by atoms with Crippen LogP contribution < -0.4 is 15.6 Å². The second-order valence-corrected chi connectivity index (χ2v) is 7.22. The number of hydrazone groups is 1. The van der Waals surface area contributed by atoms with Crippen LogP contribution in [0.15, 0.2) is 53.6 Å². The van der Waals surface area contributed by atoms with E-state index in [0.717, 1.165) is 25.9 Å². The Labute approximate surface area is 184 Å². The third-order valence-electron chi connectivity index (χ3n) is 4.85. The fourth-order valence-electron chi connectivity index (χ4n) is 3.27. The SMILES string of the molecule is O=[N+]([O-])c1ccc(Nc2nc(N/N=C\c3cccc(O)c3)nc(N3CCCCC3)n2)cc1. The highest BCUT2D eigenvalue weighted by molar-refractivity contribution is 5.80. The standard InChI is InChI=1S/C21H22N8O3/c30-18-6-4-5-15(13-18)14-22-27-20-24-19(23-16-7-9-17(10-8-16)29(31)32)25-21(26-20)28-11-2-1-3-12-28/h4-10,13-14,30H,1-3,11-12H2,(H2,23,24,25,26,27)/b22-14-. The Hall–Kier alpha value is -4.28. The zero-order chi connectivity index (χ0) is 22.3. The van der Waals surface area contributed by atoms with Crippen molar-refractivity contribution < 1.29 is 10.0 Å². The normalized spacial score (nSPS) is 13.8. The van der Waals surface area contributed by atoms with Crippen LogP contribution in [-0.4, -0.2) is 44.3 Å². The van der Waals surface area contributed by atoms with Crippen molar-refractivity contribution in [2.75, 3.05) is 28.7 Å². The molecule has 3 N–H and O–H groups in total. The lowest BCUT2D eigenvalue weighted by Gasteiger charge is -2.26. The van der Waals surface area contributed by atoms with Gasteiger partial charge >= 0.3 is 0 Å². The number of benzene rings is 2. The van der Waals surface area contributed by atoms with E-state index < -0.39 is 4.92 Å². The molecule has 0 aliphatic carbocycles. The molecule has 11 nitrogen and oxygen atoms in total. The zero-order valence-electron chi connectivity index (χ0n) is 17.2. The van der Waals surface area contributed by atoms with Crippen LogP contribution >= 0.6 is 0 Å². The predicted octanol–water partition coefficient (Wildman–Crippen LogP) is 3.67. The number of nitrogens with one attached hydrogen (secondary N) is 2. The summed E-state index contributed by atoms with van der Waals surface area (Å²) in [6, 6.07) is 12.7. The third kappa shape index (κ3) is 5.45. The van der Waals surface area contributed by atoms with Gasteiger partial charge in [-0.1, -0.05) is 12.1 Å². The number of hydrogen-bond acceptors (Lipinski definition) is 10. The van der Waals surface area contributed by atoms with Crippen LogP contribution in [0.25, 0.3) is 0 Å². The number of hydrogen-bond donors (Lipinski definition) is 3. The second-order valence-electron chi connectivity index (χ2n) is 7.22. The molecular weight excluding hydrogens is 412 g/mol. The molecule has 1 aromatic heterocycles. The van der Waals surface area contributed by atoms with E-state index in [1.54, 1.807) is 42.6 Å². The van der Waals surface area contributed by atoms with E-state index in [1.807, 2.05) is 0 Å². The van der Waals surface area contributed by atoms with Gasteiger partial charge in [0.05, 0.1) is 11.1 Å². The molecule has 0 radical (unpaired) electrons. The van der Waals surface area contributed by atoms with Crippen LogP contribution in [0.4, 0.5) is 29.2 Å². The maximum atomic E-state index is 10.9. The lowest BCUT2D eigenvalue weighted by atomic mass is 10.1. The summed E-state index contributed by atoms with van der Waals surface area (Å²) in [6.45, 7) is 1.71. The first-order valence-corrected chi connectivity index (χ1v) is 10.2. The van der Waals surface area contributed by atoms with Crippen molar-refractivity contribution in [3.05, 3.63) is 64.2 Å². The highest BCUT2D eigenvalue weighted by Crippen LogP contribution is 2.22. The number of rotatable bonds is 7. The Morgan fingerprint density at radius 1 is 1.03 bits per heavy atom. The summed E-state index contributed by atoms with van der Waals surface area (Å²) in [7, 11) is 0. The minimum Gasteiger partial charge on any atom is -0.508 e. The minimum atomic E-state index is -0.451. The molecule has 32 heavy (non-hydrogen) atoms. The largest absolute Gasteiger partial charge is 0.508 e. The molecule has 11 heteroatoms. The lowest BCUT2D eigenvalue weighted by Crippen LogP contribution is -2.31. The molecule has 1 fully saturated rings. The number of nitro benzene ring substituents is 1. The van der Waals surface area contributed by atoms with Crippen LogP contribution in [0, 0.1) is 10.1 Å². The Morgan fingerprint density at radius 2 is 1.78 bits per heavy atom. The van der Waals surface area contributed by atoms with E-state index >= 15 is 0 Å². The van der Waals surface area contributed by atoms with Crippen molar-refractivity contribution in [2.45, 2.75) is 19.3 Å². The Bertz CT molecular complexity index is 1110. The van der Waals surface area contributed by atoms with E-state index in [2.05, 4.69) is 35.7 Å². The van der Waals surface area contributed by atoms with E-state index in [9.17, 15) is 15.2 Å². The van der Waals surface area contributed by atoms with Gasteiger partial charge in [-0.15, -0.1) is 0 Å². The van der Waals surface area contributed by atoms with Gasteiger partial charge in [0.2, 0.25) is 17.8 Å². The molecule has 0 spiro atoms. The fourth-order valence-corrected chi connectivity index (χ4v) is 3.27. The number of non-ortho nitro benzene ring substituents is 1. The summed E-state index contributed by atoms with van der Waals surface area (Å²) in [6.07, 6.45) is 4.85. The molecule has 3 aromatic rings. The van der Waals surface area contributed by atoms with Gasteiger partial charge in [0.25, 0.3) is 5.69 Å². The lowest BCUT2D eigenvalue weighted by molar-refractivity contribution is -0.384. The van der Waals surface area contributed by atoms with Crippen molar-refractivity contribution in [1.29, 1.82) is 0 Å². The molecule has 4 rings (SSSR count). The Kier molecular flexibility index (Phi) is 6.35. The first-order chi connectivity index (χ1) is 15.6. The molecule has 0 unspecified atom stereocenters. The number of aromatic nitrogens is 3.